The summed E-state index contributed by atoms with van der Waals surface area (Å²) in [6.07, 6.45) is 1.88. The van der Waals surface area contributed by atoms with E-state index in [1.54, 1.807) is 0 Å². The van der Waals surface area contributed by atoms with Crippen LogP contribution in [0.5, 0.6) is 0 Å². The SMILES string of the molecule is c1cc(-c2c3ccccc3c(-c3nc4ccccc4c4c3ccc3ccccc34)c3ccccc23)cc(-c2cccc3cccnc23)c1. The summed E-state index contributed by atoms with van der Waals surface area (Å²) in [4.78, 5) is 10.2. The van der Waals surface area contributed by atoms with Crippen molar-refractivity contribution in [2.75, 3.05) is 0 Å². The Morgan fingerprint density at radius 1 is 0.375 bits per heavy atom. The predicted molar refractivity (Wildman–Crippen MR) is 203 cm³/mol. The van der Waals surface area contributed by atoms with Crippen LogP contribution in [0.3, 0.4) is 0 Å². The van der Waals surface area contributed by atoms with Gasteiger partial charge in [-0.3, -0.25) is 4.98 Å². The van der Waals surface area contributed by atoms with Crippen molar-refractivity contribution < 1.29 is 0 Å². The zero-order valence-corrected chi connectivity index (χ0v) is 26.1. The minimum atomic E-state index is 1.00. The van der Waals surface area contributed by atoms with Gasteiger partial charge in [0.15, 0.2) is 0 Å². The molecule has 2 aromatic heterocycles. The number of para-hydroxylation sites is 2. The zero-order valence-electron chi connectivity index (χ0n) is 26.1. The van der Waals surface area contributed by atoms with Crippen molar-refractivity contribution in [3.63, 3.8) is 0 Å². The van der Waals surface area contributed by atoms with Crippen molar-refractivity contribution in [1.29, 1.82) is 0 Å². The first kappa shape index (κ1) is 26.8. The van der Waals surface area contributed by atoms with Gasteiger partial charge in [0.05, 0.1) is 16.7 Å². The number of fused-ring (bicyclic) bond motifs is 8. The second-order valence-electron chi connectivity index (χ2n) is 12.5. The Bertz CT molecular complexity index is 2820. The van der Waals surface area contributed by atoms with E-state index >= 15 is 0 Å². The van der Waals surface area contributed by atoms with Gasteiger partial charge in [-0.25, -0.2) is 4.98 Å². The molecule has 0 aliphatic rings. The smallest absolute Gasteiger partial charge is 0.0800 e. The molecule has 2 heteroatoms. The van der Waals surface area contributed by atoms with Gasteiger partial charge < -0.3 is 0 Å². The van der Waals surface area contributed by atoms with Crippen LogP contribution in [0, 0.1) is 0 Å². The summed E-state index contributed by atoms with van der Waals surface area (Å²) >= 11 is 0. The van der Waals surface area contributed by atoms with Crippen LogP contribution in [0.15, 0.2) is 170 Å². The van der Waals surface area contributed by atoms with Crippen LogP contribution in [0.25, 0.3) is 98.4 Å². The van der Waals surface area contributed by atoms with E-state index in [1.165, 1.54) is 65.2 Å². The van der Waals surface area contributed by atoms with E-state index in [4.69, 9.17) is 9.97 Å². The number of rotatable bonds is 3. The van der Waals surface area contributed by atoms with E-state index in [1.807, 2.05) is 12.3 Å². The first-order valence-corrected chi connectivity index (χ1v) is 16.4. The normalized spacial score (nSPS) is 11.8. The molecule has 0 bridgehead atoms. The molecule has 0 unspecified atom stereocenters. The summed E-state index contributed by atoms with van der Waals surface area (Å²) in [5, 5.41) is 12.0. The Kier molecular flexibility index (Phi) is 5.91. The molecule has 2 nitrogen and oxygen atoms in total. The largest absolute Gasteiger partial charge is 0.256 e. The molecule has 8 aromatic carbocycles. The zero-order chi connectivity index (χ0) is 31.6. The van der Waals surface area contributed by atoms with Gasteiger partial charge in [-0.05, 0) is 67.2 Å². The third kappa shape index (κ3) is 4.00. The molecule has 10 rings (SSSR count). The minimum absolute atomic E-state index is 1.00. The summed E-state index contributed by atoms with van der Waals surface area (Å²) in [6, 6.07) is 58.9. The molecule has 0 spiro atoms. The molecule has 0 atom stereocenters. The highest BCUT2D eigenvalue weighted by atomic mass is 14.7. The van der Waals surface area contributed by atoms with Gasteiger partial charge >= 0.3 is 0 Å². The van der Waals surface area contributed by atoms with Crippen molar-refractivity contribution in [3.05, 3.63) is 170 Å². The van der Waals surface area contributed by atoms with Crippen LogP contribution in [0.1, 0.15) is 0 Å². The third-order valence-corrected chi connectivity index (χ3v) is 9.85. The molecule has 10 aromatic rings. The Balaban J connectivity index is 1.31. The average Bonchev–Trinajstić information content (AvgIpc) is 3.16. The Morgan fingerprint density at radius 2 is 0.979 bits per heavy atom. The fourth-order valence-corrected chi connectivity index (χ4v) is 7.79. The second-order valence-corrected chi connectivity index (χ2v) is 12.5. The highest BCUT2D eigenvalue weighted by molar-refractivity contribution is 6.27. The molecule has 2 heterocycles. The van der Waals surface area contributed by atoms with Crippen molar-refractivity contribution in [2.24, 2.45) is 0 Å². The summed E-state index contributed by atoms with van der Waals surface area (Å²) in [5.74, 6) is 0. The lowest BCUT2D eigenvalue weighted by molar-refractivity contribution is 1.41. The minimum Gasteiger partial charge on any atom is -0.256 e. The number of pyridine rings is 2. The number of nitrogens with zero attached hydrogens (tertiary/aromatic N) is 2. The number of hydrogen-bond acceptors (Lipinski definition) is 2. The van der Waals surface area contributed by atoms with E-state index in [9.17, 15) is 0 Å². The summed E-state index contributed by atoms with van der Waals surface area (Å²) in [7, 11) is 0. The van der Waals surface area contributed by atoms with Crippen LogP contribution in [-0.4, -0.2) is 9.97 Å². The lowest BCUT2D eigenvalue weighted by Gasteiger charge is -2.19. The number of aromatic nitrogens is 2. The Labute approximate surface area is 277 Å². The van der Waals surface area contributed by atoms with Crippen molar-refractivity contribution >= 4 is 64.9 Å². The standard InChI is InChI=1S/C46H28N2/c1-2-17-33-29(12-1)25-26-40-43(33)39-22-7-8-24-41(39)48-46(40)44-37-20-5-3-18-35(37)42(36-19-4-6-21-38(36)44)32-15-9-14-31(28-32)34-23-10-13-30-16-11-27-47-45(30)34/h1-28H. The summed E-state index contributed by atoms with van der Waals surface area (Å²) in [5.41, 5.74) is 8.92. The molecule has 0 fully saturated rings. The van der Waals surface area contributed by atoms with Crippen LogP contribution in [0.4, 0.5) is 0 Å². The van der Waals surface area contributed by atoms with Gasteiger partial charge in [-0.2, -0.15) is 0 Å². The maximum absolute atomic E-state index is 5.46. The van der Waals surface area contributed by atoms with Crippen molar-refractivity contribution in [2.45, 2.75) is 0 Å². The molecule has 0 radical (unpaired) electrons. The van der Waals surface area contributed by atoms with E-state index in [0.29, 0.717) is 0 Å². The summed E-state index contributed by atoms with van der Waals surface area (Å²) in [6.45, 7) is 0. The van der Waals surface area contributed by atoms with Gasteiger partial charge in [-0.1, -0.05) is 146 Å². The van der Waals surface area contributed by atoms with Gasteiger partial charge in [0.1, 0.15) is 0 Å². The lowest BCUT2D eigenvalue weighted by Crippen LogP contribution is -1.95. The van der Waals surface area contributed by atoms with Gasteiger partial charge in [0.25, 0.3) is 0 Å². The third-order valence-electron chi connectivity index (χ3n) is 9.85. The molecular formula is C46H28N2. The molecular weight excluding hydrogens is 581 g/mol. The summed E-state index contributed by atoms with van der Waals surface area (Å²) < 4.78 is 0. The van der Waals surface area contributed by atoms with Crippen LogP contribution < -0.4 is 0 Å². The highest BCUT2D eigenvalue weighted by Crippen LogP contribution is 2.46. The van der Waals surface area contributed by atoms with Crippen molar-refractivity contribution in [1.82, 2.24) is 9.97 Å². The molecule has 0 amide bonds. The molecule has 0 saturated heterocycles. The predicted octanol–water partition coefficient (Wildman–Crippen LogP) is 12.4. The maximum Gasteiger partial charge on any atom is 0.0800 e. The number of hydrogen-bond donors (Lipinski definition) is 0. The first-order chi connectivity index (χ1) is 23.8. The Hall–Kier alpha value is -6.38. The van der Waals surface area contributed by atoms with Crippen LogP contribution in [0.2, 0.25) is 0 Å². The Morgan fingerprint density at radius 3 is 1.77 bits per heavy atom. The molecule has 222 valence electrons. The van der Waals surface area contributed by atoms with Crippen molar-refractivity contribution in [3.8, 4) is 33.5 Å². The molecule has 0 aliphatic heterocycles. The van der Waals surface area contributed by atoms with Gasteiger partial charge in [0.2, 0.25) is 0 Å². The second kappa shape index (κ2) is 10.6. The molecule has 0 saturated carbocycles. The monoisotopic (exact) mass is 608 g/mol. The average molecular weight is 609 g/mol. The van der Waals surface area contributed by atoms with E-state index in [2.05, 4.69) is 158 Å². The number of benzene rings is 8. The quantitative estimate of drug-likeness (QED) is 0.147. The maximum atomic E-state index is 5.46. The van der Waals surface area contributed by atoms with Gasteiger partial charge in [0, 0.05) is 38.9 Å². The van der Waals surface area contributed by atoms with Crippen LogP contribution in [-0.2, 0) is 0 Å². The molecule has 0 N–H and O–H groups in total. The van der Waals surface area contributed by atoms with E-state index < -0.39 is 0 Å². The van der Waals surface area contributed by atoms with Gasteiger partial charge in [-0.15, -0.1) is 0 Å². The highest BCUT2D eigenvalue weighted by Gasteiger charge is 2.21. The first-order valence-electron chi connectivity index (χ1n) is 16.4. The fourth-order valence-electron chi connectivity index (χ4n) is 7.79. The van der Waals surface area contributed by atoms with E-state index in [-0.39, 0.29) is 0 Å². The van der Waals surface area contributed by atoms with E-state index in [0.717, 1.165) is 33.2 Å². The van der Waals surface area contributed by atoms with Crippen LogP contribution >= 0.6 is 0 Å². The fraction of sp³-hybridized carbons (Fsp3) is 0. The topological polar surface area (TPSA) is 25.8 Å². The lowest BCUT2D eigenvalue weighted by atomic mass is 9.85. The molecule has 48 heavy (non-hydrogen) atoms. The molecule has 0 aliphatic carbocycles.